The Hall–Kier alpha value is -3.13. The predicted octanol–water partition coefficient (Wildman–Crippen LogP) is 3.26. The van der Waals surface area contributed by atoms with Gasteiger partial charge in [0.1, 0.15) is 17.5 Å². The van der Waals surface area contributed by atoms with Gasteiger partial charge in [-0.2, -0.15) is 5.26 Å². The van der Waals surface area contributed by atoms with Crippen LogP contribution in [0.2, 0.25) is 0 Å². The molecule has 0 fully saturated rings. The Morgan fingerprint density at radius 2 is 2.33 bits per heavy atom. The molecule has 2 aromatic heterocycles. The molecule has 5 heteroatoms. The van der Waals surface area contributed by atoms with E-state index >= 15 is 0 Å². The van der Waals surface area contributed by atoms with Crippen molar-refractivity contribution >= 4 is 5.70 Å². The first-order valence-corrected chi connectivity index (χ1v) is 7.81. The van der Waals surface area contributed by atoms with E-state index in [1.165, 1.54) is 0 Å². The van der Waals surface area contributed by atoms with Gasteiger partial charge in [-0.3, -0.25) is 0 Å². The number of fused-ring (bicyclic) bond motifs is 1. The summed E-state index contributed by atoms with van der Waals surface area (Å²) < 4.78 is 5.80. The van der Waals surface area contributed by atoms with Crippen molar-refractivity contribution in [3.63, 3.8) is 0 Å². The number of oxazole rings is 1. The third-order valence-electron chi connectivity index (χ3n) is 4.08. The lowest BCUT2D eigenvalue weighted by Crippen LogP contribution is -2.12. The molecule has 3 rings (SSSR count). The van der Waals surface area contributed by atoms with Crippen LogP contribution in [-0.4, -0.2) is 9.97 Å². The first kappa shape index (κ1) is 15.8. The minimum Gasteiger partial charge on any atom is -0.440 e. The Kier molecular flexibility index (Phi) is 4.57. The number of nitrogens with two attached hydrogens (primary N) is 1. The highest BCUT2D eigenvalue weighted by molar-refractivity contribution is 5.57. The number of hydrogen-bond donors (Lipinski definition) is 1. The molecule has 0 spiro atoms. The number of nitrogens with zero attached hydrogens (tertiary/aromatic N) is 3. The molecule has 1 aliphatic rings. The molecular formula is C19H18N4O. The second-order valence-corrected chi connectivity index (χ2v) is 5.66. The van der Waals surface area contributed by atoms with Gasteiger partial charge in [-0.1, -0.05) is 24.8 Å². The second kappa shape index (κ2) is 6.97. The van der Waals surface area contributed by atoms with E-state index in [2.05, 4.69) is 22.6 Å². The molecule has 24 heavy (non-hydrogen) atoms. The highest BCUT2D eigenvalue weighted by Crippen LogP contribution is 2.33. The van der Waals surface area contributed by atoms with Gasteiger partial charge in [-0.15, -0.1) is 0 Å². The summed E-state index contributed by atoms with van der Waals surface area (Å²) in [5.74, 6) is 1.68. The Balaban J connectivity index is 1.81. The topological polar surface area (TPSA) is 88.7 Å². The maximum Gasteiger partial charge on any atom is 0.242 e. The molecular weight excluding hydrogens is 300 g/mol. The molecule has 5 nitrogen and oxygen atoms in total. The summed E-state index contributed by atoms with van der Waals surface area (Å²) in [5.41, 5.74) is 9.01. The van der Waals surface area contributed by atoms with Crippen LogP contribution in [0.1, 0.15) is 40.9 Å². The zero-order chi connectivity index (χ0) is 16.9. The fraction of sp³-hybridized carbons (Fsp3) is 0.211. The van der Waals surface area contributed by atoms with Gasteiger partial charge < -0.3 is 10.2 Å². The van der Waals surface area contributed by atoms with E-state index < -0.39 is 0 Å². The van der Waals surface area contributed by atoms with Crippen molar-refractivity contribution < 1.29 is 4.42 Å². The van der Waals surface area contributed by atoms with E-state index in [0.717, 1.165) is 36.3 Å². The molecule has 2 aromatic rings. The SMILES string of the molecule is C=C/C=C\C=C(/N)c1nc2c(o1)CCC(c1ccnc(C#N)c1)C2. The van der Waals surface area contributed by atoms with Crippen molar-refractivity contribution in [2.45, 2.75) is 25.2 Å². The van der Waals surface area contributed by atoms with Gasteiger partial charge in [0.05, 0.1) is 11.4 Å². The summed E-state index contributed by atoms with van der Waals surface area (Å²) in [6, 6.07) is 5.90. The summed E-state index contributed by atoms with van der Waals surface area (Å²) in [5, 5.41) is 9.00. The fourth-order valence-electron chi connectivity index (χ4n) is 2.86. The third kappa shape index (κ3) is 3.28. The summed E-state index contributed by atoms with van der Waals surface area (Å²) in [6.07, 6.45) is 11.3. The normalized spacial score (nSPS) is 17.5. The first-order chi connectivity index (χ1) is 11.7. The summed E-state index contributed by atoms with van der Waals surface area (Å²) in [7, 11) is 0. The quantitative estimate of drug-likeness (QED) is 0.874. The lowest BCUT2D eigenvalue weighted by Gasteiger charge is -2.20. The summed E-state index contributed by atoms with van der Waals surface area (Å²) in [4.78, 5) is 8.57. The van der Waals surface area contributed by atoms with E-state index in [-0.39, 0.29) is 0 Å². The fourth-order valence-corrected chi connectivity index (χ4v) is 2.86. The van der Waals surface area contributed by atoms with Crippen molar-refractivity contribution in [1.29, 1.82) is 5.26 Å². The lowest BCUT2D eigenvalue weighted by atomic mass is 9.85. The molecule has 120 valence electrons. The molecule has 0 radical (unpaired) electrons. The molecule has 0 aromatic carbocycles. The van der Waals surface area contributed by atoms with Crippen molar-refractivity contribution in [2.24, 2.45) is 5.73 Å². The van der Waals surface area contributed by atoms with Gasteiger partial charge >= 0.3 is 0 Å². The molecule has 0 saturated heterocycles. The van der Waals surface area contributed by atoms with Crippen LogP contribution in [0, 0.1) is 11.3 Å². The maximum absolute atomic E-state index is 9.00. The Morgan fingerprint density at radius 3 is 3.12 bits per heavy atom. The van der Waals surface area contributed by atoms with Crippen LogP contribution in [0.4, 0.5) is 0 Å². The van der Waals surface area contributed by atoms with Crippen LogP contribution < -0.4 is 5.73 Å². The molecule has 0 saturated carbocycles. The highest BCUT2D eigenvalue weighted by atomic mass is 16.4. The second-order valence-electron chi connectivity index (χ2n) is 5.66. The zero-order valence-corrected chi connectivity index (χ0v) is 13.3. The number of allylic oxidation sites excluding steroid dienone is 4. The van der Waals surface area contributed by atoms with Crippen molar-refractivity contribution in [1.82, 2.24) is 9.97 Å². The van der Waals surface area contributed by atoms with E-state index in [4.69, 9.17) is 15.4 Å². The van der Waals surface area contributed by atoms with Gasteiger partial charge in [-0.25, -0.2) is 9.97 Å². The summed E-state index contributed by atoms with van der Waals surface area (Å²) >= 11 is 0. The molecule has 2 heterocycles. The standard InChI is InChI=1S/C19H18N4O/c1-2-3-4-5-16(21)19-23-17-11-13(6-7-18(17)24-19)14-8-9-22-15(10-14)12-20/h2-5,8-10,13H,1,6-7,11,21H2/b4-3-,16-5-. The third-order valence-corrected chi connectivity index (χ3v) is 4.08. The highest BCUT2D eigenvalue weighted by Gasteiger charge is 2.25. The molecule has 1 aliphatic carbocycles. The van der Waals surface area contributed by atoms with E-state index in [9.17, 15) is 0 Å². The van der Waals surface area contributed by atoms with Crippen molar-refractivity contribution in [3.8, 4) is 6.07 Å². The summed E-state index contributed by atoms with van der Waals surface area (Å²) in [6.45, 7) is 3.61. The Morgan fingerprint density at radius 1 is 1.46 bits per heavy atom. The molecule has 1 atom stereocenters. The molecule has 0 aliphatic heterocycles. The minimum atomic E-state index is 0.316. The lowest BCUT2D eigenvalue weighted by molar-refractivity contribution is 0.450. The first-order valence-electron chi connectivity index (χ1n) is 7.81. The van der Waals surface area contributed by atoms with Crippen LogP contribution in [0.3, 0.4) is 0 Å². The number of nitriles is 1. The van der Waals surface area contributed by atoms with Gasteiger partial charge in [0, 0.05) is 19.0 Å². The number of pyridine rings is 1. The van der Waals surface area contributed by atoms with Crippen LogP contribution >= 0.6 is 0 Å². The largest absolute Gasteiger partial charge is 0.440 e. The average Bonchev–Trinajstić information content (AvgIpc) is 3.05. The van der Waals surface area contributed by atoms with E-state index in [0.29, 0.717) is 23.2 Å². The van der Waals surface area contributed by atoms with E-state index in [1.807, 2.05) is 12.1 Å². The smallest absolute Gasteiger partial charge is 0.242 e. The van der Waals surface area contributed by atoms with Crippen molar-refractivity contribution in [2.75, 3.05) is 0 Å². The average molecular weight is 318 g/mol. The monoisotopic (exact) mass is 318 g/mol. The van der Waals surface area contributed by atoms with Crippen molar-refractivity contribution in [3.05, 3.63) is 77.8 Å². The molecule has 0 bridgehead atoms. The Labute approximate surface area is 140 Å². The predicted molar refractivity (Wildman–Crippen MR) is 91.7 cm³/mol. The van der Waals surface area contributed by atoms with Crippen LogP contribution in [-0.2, 0) is 12.8 Å². The maximum atomic E-state index is 9.00. The molecule has 2 N–H and O–H groups in total. The van der Waals surface area contributed by atoms with Gasteiger partial charge in [0.15, 0.2) is 0 Å². The minimum absolute atomic E-state index is 0.316. The van der Waals surface area contributed by atoms with Gasteiger partial charge in [-0.05, 0) is 36.1 Å². The number of hydrogen-bond acceptors (Lipinski definition) is 5. The zero-order valence-electron chi connectivity index (χ0n) is 13.3. The number of aryl methyl sites for hydroxylation is 1. The Bertz CT molecular complexity index is 854. The van der Waals surface area contributed by atoms with Crippen LogP contribution in [0.25, 0.3) is 5.70 Å². The van der Waals surface area contributed by atoms with Gasteiger partial charge in [0.25, 0.3) is 0 Å². The number of aromatic nitrogens is 2. The van der Waals surface area contributed by atoms with Crippen LogP contribution in [0.15, 0.2) is 53.6 Å². The molecule has 1 unspecified atom stereocenters. The molecule has 0 amide bonds. The van der Waals surface area contributed by atoms with E-state index in [1.54, 1.807) is 30.5 Å². The van der Waals surface area contributed by atoms with Gasteiger partial charge in [0.2, 0.25) is 5.89 Å². The van der Waals surface area contributed by atoms with Crippen LogP contribution in [0.5, 0.6) is 0 Å². The number of rotatable bonds is 4.